The molecule has 0 aliphatic carbocycles. The van der Waals surface area contributed by atoms with Gasteiger partial charge in [-0.25, -0.2) is 0 Å². The molecule has 4 aromatic rings. The standard InChI is InChI=1S/C36H42P2.2ClH/c1-31(2)25-27-37(33-17-9-5-10-18-33,34-19-11-6-12-20-34)29-30-38(28-26-32(3)4,35-21-13-7-14-22-35)36-23-15-8-16-24-36;;/h5-26H,27-30H2,1-4H3;2*1H/q+2;;/p-2. The largest absolute Gasteiger partial charge is 1.00 e. The highest BCUT2D eigenvalue weighted by Crippen LogP contribution is 2.64. The van der Waals surface area contributed by atoms with Crippen LogP contribution < -0.4 is 46.0 Å². The molecule has 0 aliphatic rings. The average molecular weight is 608 g/mol. The third-order valence-corrected chi connectivity index (χ3v) is 16.6. The van der Waals surface area contributed by atoms with Crippen LogP contribution in [0.4, 0.5) is 0 Å². The Balaban J connectivity index is 0.00000280. The van der Waals surface area contributed by atoms with Crippen molar-refractivity contribution >= 4 is 35.7 Å². The summed E-state index contributed by atoms with van der Waals surface area (Å²) in [6.07, 6.45) is 9.59. The van der Waals surface area contributed by atoms with Gasteiger partial charge in [0.15, 0.2) is 0 Å². The van der Waals surface area contributed by atoms with Crippen LogP contribution in [-0.4, -0.2) is 24.6 Å². The third-order valence-electron chi connectivity index (χ3n) is 7.49. The Morgan fingerprint density at radius 3 is 0.850 bits per heavy atom. The Bertz CT molecular complexity index is 1140. The molecule has 0 heterocycles. The lowest BCUT2D eigenvalue weighted by Crippen LogP contribution is -3.00. The number of rotatable bonds is 11. The van der Waals surface area contributed by atoms with E-state index in [9.17, 15) is 0 Å². The van der Waals surface area contributed by atoms with E-state index in [1.54, 1.807) is 0 Å². The molecule has 0 spiro atoms. The van der Waals surface area contributed by atoms with Crippen LogP contribution in [0.25, 0.3) is 0 Å². The lowest BCUT2D eigenvalue weighted by molar-refractivity contribution is -0.00100. The molecule has 0 aliphatic heterocycles. The first kappa shape index (κ1) is 34.0. The Labute approximate surface area is 256 Å². The van der Waals surface area contributed by atoms with Crippen molar-refractivity contribution in [3.63, 3.8) is 0 Å². The summed E-state index contributed by atoms with van der Waals surface area (Å²) >= 11 is 0. The lowest BCUT2D eigenvalue weighted by Gasteiger charge is -2.32. The molecule has 0 N–H and O–H groups in total. The van der Waals surface area contributed by atoms with Crippen LogP contribution in [0.5, 0.6) is 0 Å². The topological polar surface area (TPSA) is 0 Å². The van der Waals surface area contributed by atoms with Crippen LogP contribution in [0, 0.1) is 0 Å². The van der Waals surface area contributed by atoms with Gasteiger partial charge in [0.1, 0.15) is 12.3 Å². The van der Waals surface area contributed by atoms with E-state index >= 15 is 0 Å². The van der Waals surface area contributed by atoms with Crippen molar-refractivity contribution in [2.24, 2.45) is 0 Å². The molecule has 4 aromatic carbocycles. The molecule has 0 saturated heterocycles. The van der Waals surface area contributed by atoms with Gasteiger partial charge in [-0.05, 0) is 88.4 Å². The normalized spacial score (nSPS) is 11.0. The maximum absolute atomic E-state index is 2.50. The summed E-state index contributed by atoms with van der Waals surface area (Å²) in [6, 6.07) is 45.6. The molecule has 0 fully saturated rings. The predicted octanol–water partition coefficient (Wildman–Crippen LogP) is 2.26. The molecule has 0 amide bonds. The van der Waals surface area contributed by atoms with Gasteiger partial charge in [-0.3, -0.25) is 0 Å². The second kappa shape index (κ2) is 16.3. The van der Waals surface area contributed by atoms with Crippen LogP contribution in [0.1, 0.15) is 27.7 Å². The minimum absolute atomic E-state index is 0. The third kappa shape index (κ3) is 8.18. The molecular formula is C36H42Cl2P2. The van der Waals surface area contributed by atoms with Gasteiger partial charge in [-0.15, -0.1) is 0 Å². The van der Waals surface area contributed by atoms with Gasteiger partial charge in [0.05, 0.1) is 48.1 Å². The maximum atomic E-state index is 2.50. The molecule has 0 atom stereocenters. The Morgan fingerprint density at radius 2 is 0.650 bits per heavy atom. The highest BCUT2D eigenvalue weighted by atomic mass is 35.5. The monoisotopic (exact) mass is 606 g/mol. The molecule has 0 bridgehead atoms. The SMILES string of the molecule is CC(C)=CC[P+](CC[P+](CC=C(C)C)(c1ccccc1)c1ccccc1)(c1ccccc1)c1ccccc1.[Cl-].[Cl-]. The molecule has 0 unspecified atom stereocenters. The summed E-state index contributed by atoms with van der Waals surface area (Å²) in [4.78, 5) is 0. The number of allylic oxidation sites excluding steroid dienone is 4. The maximum Gasteiger partial charge on any atom is 0.103 e. The van der Waals surface area contributed by atoms with E-state index in [1.165, 1.54) is 44.7 Å². The fourth-order valence-corrected chi connectivity index (χ4v) is 15.2. The van der Waals surface area contributed by atoms with Gasteiger partial charge < -0.3 is 24.8 Å². The summed E-state index contributed by atoms with van der Waals surface area (Å²) in [5, 5.41) is 6.07. The highest BCUT2D eigenvalue weighted by molar-refractivity contribution is 7.93. The van der Waals surface area contributed by atoms with Crippen molar-refractivity contribution in [2.45, 2.75) is 27.7 Å². The Hall–Kier alpha value is -2.20. The quantitative estimate of drug-likeness (QED) is 0.182. The van der Waals surface area contributed by atoms with E-state index in [1.807, 2.05) is 0 Å². The minimum Gasteiger partial charge on any atom is -1.00 e. The Kier molecular flexibility index (Phi) is 13.9. The molecule has 0 radical (unpaired) electrons. The summed E-state index contributed by atoms with van der Waals surface area (Å²) in [5.41, 5.74) is 2.80. The zero-order chi connectivity index (χ0) is 26.8. The fraction of sp³-hybridized carbons (Fsp3) is 0.222. The molecule has 0 nitrogen and oxygen atoms in total. The summed E-state index contributed by atoms with van der Waals surface area (Å²) in [7, 11) is -3.42. The van der Waals surface area contributed by atoms with Crippen LogP contribution in [0.15, 0.2) is 145 Å². The van der Waals surface area contributed by atoms with E-state index in [0.717, 1.165) is 12.3 Å². The van der Waals surface area contributed by atoms with E-state index in [0.29, 0.717) is 0 Å². The number of benzene rings is 4. The summed E-state index contributed by atoms with van der Waals surface area (Å²) in [5.74, 6) is 0. The first-order valence-electron chi connectivity index (χ1n) is 13.7. The van der Waals surface area contributed by atoms with Crippen molar-refractivity contribution in [2.75, 3.05) is 24.6 Å². The van der Waals surface area contributed by atoms with Gasteiger partial charge in [0.25, 0.3) is 0 Å². The first-order valence-corrected chi connectivity index (χ1v) is 18.0. The van der Waals surface area contributed by atoms with Crippen molar-refractivity contribution in [3.8, 4) is 0 Å². The highest BCUT2D eigenvalue weighted by Gasteiger charge is 2.49. The van der Waals surface area contributed by atoms with Crippen molar-refractivity contribution in [1.29, 1.82) is 0 Å². The zero-order valence-corrected chi connectivity index (χ0v) is 27.5. The zero-order valence-electron chi connectivity index (χ0n) is 24.2. The summed E-state index contributed by atoms with van der Waals surface area (Å²) in [6.45, 7) is 8.96. The van der Waals surface area contributed by atoms with E-state index < -0.39 is 14.5 Å². The lowest BCUT2D eigenvalue weighted by atomic mass is 10.3. The van der Waals surface area contributed by atoms with E-state index in [-0.39, 0.29) is 24.8 Å². The molecule has 0 saturated carbocycles. The Morgan fingerprint density at radius 1 is 0.425 bits per heavy atom. The van der Waals surface area contributed by atoms with Crippen LogP contribution in [0.3, 0.4) is 0 Å². The van der Waals surface area contributed by atoms with Gasteiger partial charge >= 0.3 is 0 Å². The van der Waals surface area contributed by atoms with Crippen molar-refractivity contribution in [3.05, 3.63) is 145 Å². The molecule has 40 heavy (non-hydrogen) atoms. The van der Waals surface area contributed by atoms with Crippen LogP contribution in [-0.2, 0) is 0 Å². The molecule has 4 rings (SSSR count). The second-order valence-corrected chi connectivity index (χ2v) is 18.2. The number of halogens is 2. The molecular weight excluding hydrogens is 565 g/mol. The molecule has 4 heteroatoms. The van der Waals surface area contributed by atoms with E-state index in [4.69, 9.17) is 0 Å². The van der Waals surface area contributed by atoms with Crippen molar-refractivity contribution in [1.82, 2.24) is 0 Å². The smallest absolute Gasteiger partial charge is 0.103 e. The summed E-state index contributed by atoms with van der Waals surface area (Å²) < 4.78 is 0. The van der Waals surface area contributed by atoms with E-state index in [2.05, 4.69) is 161 Å². The van der Waals surface area contributed by atoms with Gasteiger partial charge in [-0.2, -0.15) is 0 Å². The van der Waals surface area contributed by atoms with Crippen molar-refractivity contribution < 1.29 is 24.8 Å². The predicted molar refractivity (Wildman–Crippen MR) is 176 cm³/mol. The molecule has 0 aromatic heterocycles. The fourth-order valence-electron chi connectivity index (χ4n) is 5.29. The second-order valence-electron chi connectivity index (χ2n) is 10.7. The van der Waals surface area contributed by atoms with Gasteiger partial charge in [0, 0.05) is 0 Å². The number of hydrogen-bond donors (Lipinski definition) is 0. The average Bonchev–Trinajstić information content (AvgIpc) is 2.96. The van der Waals surface area contributed by atoms with Gasteiger partial charge in [-0.1, -0.05) is 83.9 Å². The van der Waals surface area contributed by atoms with Crippen LogP contribution >= 0.6 is 14.5 Å². The van der Waals surface area contributed by atoms with Crippen LogP contribution in [0.2, 0.25) is 0 Å². The van der Waals surface area contributed by atoms with Gasteiger partial charge in [0.2, 0.25) is 0 Å². The minimum atomic E-state index is -1.71. The molecule has 210 valence electrons. The number of hydrogen-bond acceptors (Lipinski definition) is 0. The first-order chi connectivity index (χ1) is 18.5.